The van der Waals surface area contributed by atoms with Crippen LogP contribution in [0.2, 0.25) is 0 Å². The van der Waals surface area contributed by atoms with E-state index in [2.05, 4.69) is 26.8 Å². The lowest BCUT2D eigenvalue weighted by atomic mass is 9.68. The van der Waals surface area contributed by atoms with Crippen LogP contribution in [0.3, 0.4) is 0 Å². The summed E-state index contributed by atoms with van der Waals surface area (Å²) < 4.78 is 28.6. The zero-order valence-electron chi connectivity index (χ0n) is 17.6. The number of allylic oxidation sites excluding steroid dienone is 1. The number of carboxylic acid groups (broad SMARTS) is 1. The highest BCUT2D eigenvalue weighted by molar-refractivity contribution is 5.71. The number of carbonyl (C=O) groups is 2. The van der Waals surface area contributed by atoms with Gasteiger partial charge in [0.2, 0.25) is 0 Å². The van der Waals surface area contributed by atoms with Crippen molar-refractivity contribution in [3.05, 3.63) is 11.6 Å². The van der Waals surface area contributed by atoms with Gasteiger partial charge in [0, 0.05) is 7.11 Å². The molecule has 1 aliphatic carbocycles. The minimum absolute atomic E-state index is 0.0274. The Balaban J connectivity index is 1.62. The summed E-state index contributed by atoms with van der Waals surface area (Å²) in [6, 6.07) is 0. The molecule has 0 bridgehead atoms. The lowest BCUT2D eigenvalue weighted by Gasteiger charge is -2.42. The molecule has 0 radical (unpaired) electrons. The molecule has 0 amide bonds. The third kappa shape index (κ3) is 4.99. The molecule has 0 aromatic carbocycles. The van der Waals surface area contributed by atoms with E-state index >= 15 is 0 Å². The van der Waals surface area contributed by atoms with Gasteiger partial charge in [-0.05, 0) is 40.0 Å². The first-order valence-electron chi connectivity index (χ1n) is 10.2. The number of ether oxygens (including phenoxy) is 5. The second kappa shape index (κ2) is 8.71. The average molecular weight is 412 g/mol. The van der Waals surface area contributed by atoms with Gasteiger partial charge in [0.15, 0.2) is 0 Å². The SMILES string of the molecule is CO[C@@H]1[C@H](OC(=O)COCCC(=O)O)CC[C@]2(CO2)[C@H]1[C@@]1(C)O[C@@H]1CC=C(C)C. The van der Waals surface area contributed by atoms with Gasteiger partial charge in [-0.2, -0.15) is 0 Å². The number of esters is 1. The molecular weight excluding hydrogens is 380 g/mol. The van der Waals surface area contributed by atoms with Crippen molar-refractivity contribution in [1.82, 2.24) is 0 Å². The second-order valence-electron chi connectivity index (χ2n) is 8.60. The molecule has 8 heteroatoms. The molecule has 2 heterocycles. The van der Waals surface area contributed by atoms with Gasteiger partial charge in [-0.3, -0.25) is 4.79 Å². The van der Waals surface area contributed by atoms with Crippen LogP contribution in [0.5, 0.6) is 0 Å². The minimum Gasteiger partial charge on any atom is -0.481 e. The molecule has 2 aliphatic heterocycles. The predicted molar refractivity (Wildman–Crippen MR) is 102 cm³/mol. The van der Waals surface area contributed by atoms with Crippen molar-refractivity contribution < 1.29 is 38.4 Å². The Hall–Kier alpha value is -1.48. The fourth-order valence-electron chi connectivity index (χ4n) is 4.59. The molecule has 3 rings (SSSR count). The van der Waals surface area contributed by atoms with Crippen molar-refractivity contribution in [3.8, 4) is 0 Å². The third-order valence-electron chi connectivity index (χ3n) is 6.20. The van der Waals surface area contributed by atoms with Crippen LogP contribution in [0, 0.1) is 5.92 Å². The summed E-state index contributed by atoms with van der Waals surface area (Å²) in [5.41, 5.74) is 0.601. The second-order valence-corrected chi connectivity index (χ2v) is 8.60. The zero-order chi connectivity index (χ0) is 21.2. The van der Waals surface area contributed by atoms with Crippen molar-refractivity contribution in [3.63, 3.8) is 0 Å². The van der Waals surface area contributed by atoms with Crippen molar-refractivity contribution in [2.75, 3.05) is 26.9 Å². The number of carbonyl (C=O) groups excluding carboxylic acids is 1. The van der Waals surface area contributed by atoms with Gasteiger partial charge in [0.05, 0.1) is 31.7 Å². The molecule has 0 aromatic rings. The van der Waals surface area contributed by atoms with E-state index in [-0.39, 0.29) is 49.0 Å². The summed E-state index contributed by atoms with van der Waals surface area (Å²) in [7, 11) is 1.63. The molecule has 1 spiro atoms. The summed E-state index contributed by atoms with van der Waals surface area (Å²) in [5.74, 6) is -1.52. The Morgan fingerprint density at radius 2 is 2.03 bits per heavy atom. The van der Waals surface area contributed by atoms with Gasteiger partial charge < -0.3 is 28.8 Å². The first-order chi connectivity index (χ1) is 13.7. The van der Waals surface area contributed by atoms with Gasteiger partial charge in [-0.15, -0.1) is 0 Å². The maximum absolute atomic E-state index is 12.2. The lowest BCUT2D eigenvalue weighted by molar-refractivity contribution is -0.176. The maximum atomic E-state index is 12.2. The van der Waals surface area contributed by atoms with Crippen molar-refractivity contribution >= 4 is 11.9 Å². The van der Waals surface area contributed by atoms with Gasteiger partial charge in [-0.1, -0.05) is 11.6 Å². The highest BCUT2D eigenvalue weighted by Crippen LogP contribution is 2.59. The van der Waals surface area contributed by atoms with Crippen LogP contribution < -0.4 is 0 Å². The molecule has 3 aliphatic rings. The van der Waals surface area contributed by atoms with Crippen LogP contribution >= 0.6 is 0 Å². The molecule has 6 atom stereocenters. The van der Waals surface area contributed by atoms with Crippen LogP contribution in [0.15, 0.2) is 11.6 Å². The molecule has 0 unspecified atom stereocenters. The summed E-state index contributed by atoms with van der Waals surface area (Å²) in [5, 5.41) is 8.62. The van der Waals surface area contributed by atoms with E-state index in [0.29, 0.717) is 13.0 Å². The summed E-state index contributed by atoms with van der Waals surface area (Å²) in [6.07, 6.45) is 3.62. The van der Waals surface area contributed by atoms with Crippen LogP contribution in [0.25, 0.3) is 0 Å². The number of rotatable bonds is 10. The first kappa shape index (κ1) is 22.2. The number of aliphatic carboxylic acids is 1. The summed E-state index contributed by atoms with van der Waals surface area (Å²) in [4.78, 5) is 22.7. The molecule has 0 aromatic heterocycles. The molecule has 8 nitrogen and oxygen atoms in total. The number of hydrogen-bond acceptors (Lipinski definition) is 7. The van der Waals surface area contributed by atoms with E-state index in [9.17, 15) is 9.59 Å². The summed E-state index contributed by atoms with van der Waals surface area (Å²) >= 11 is 0. The topological polar surface area (TPSA) is 107 Å². The fraction of sp³-hybridized carbons (Fsp3) is 0.810. The Morgan fingerprint density at radius 1 is 1.31 bits per heavy atom. The monoisotopic (exact) mass is 412 g/mol. The van der Waals surface area contributed by atoms with Crippen LogP contribution in [0.1, 0.15) is 46.5 Å². The lowest BCUT2D eigenvalue weighted by Crippen LogP contribution is -2.55. The van der Waals surface area contributed by atoms with Gasteiger partial charge in [-0.25, -0.2) is 4.79 Å². The molecule has 29 heavy (non-hydrogen) atoms. The standard InChI is InChI=1S/C21H32O8/c1-13(2)5-6-15-20(3,29-15)19-18(25-4)14(7-9-21(19)12-27-21)28-17(24)11-26-10-8-16(22)23/h5,14-15,18-19H,6-12H2,1-4H3,(H,22,23)/t14-,15-,18-,19-,20+,21+/m1/s1. The Labute approximate surface area is 171 Å². The predicted octanol–water partition coefficient (Wildman–Crippen LogP) is 2.10. The Bertz CT molecular complexity index is 651. The van der Waals surface area contributed by atoms with Gasteiger partial charge in [0.1, 0.15) is 30.0 Å². The van der Waals surface area contributed by atoms with E-state index in [0.717, 1.165) is 12.8 Å². The maximum Gasteiger partial charge on any atom is 0.332 e. The zero-order valence-corrected chi connectivity index (χ0v) is 17.6. The number of epoxide rings is 2. The first-order valence-corrected chi connectivity index (χ1v) is 10.2. The van der Waals surface area contributed by atoms with Crippen LogP contribution in [-0.4, -0.2) is 73.5 Å². The average Bonchev–Trinajstić information content (AvgIpc) is 3.56. The summed E-state index contributed by atoms with van der Waals surface area (Å²) in [6.45, 7) is 6.60. The molecular formula is C21H32O8. The molecule has 1 saturated carbocycles. The third-order valence-corrected chi connectivity index (χ3v) is 6.20. The van der Waals surface area contributed by atoms with Crippen molar-refractivity contribution in [2.24, 2.45) is 5.92 Å². The highest BCUT2D eigenvalue weighted by Gasteiger charge is 2.72. The highest BCUT2D eigenvalue weighted by atomic mass is 16.6. The van der Waals surface area contributed by atoms with Crippen molar-refractivity contribution in [2.45, 2.75) is 76.0 Å². The van der Waals surface area contributed by atoms with E-state index in [1.807, 2.05) is 0 Å². The Kier molecular flexibility index (Phi) is 6.67. The van der Waals surface area contributed by atoms with Gasteiger partial charge >= 0.3 is 11.9 Å². The Morgan fingerprint density at radius 3 is 2.62 bits per heavy atom. The largest absolute Gasteiger partial charge is 0.481 e. The van der Waals surface area contributed by atoms with Crippen LogP contribution in [0.4, 0.5) is 0 Å². The molecule has 3 fully saturated rings. The molecule has 2 saturated heterocycles. The quantitative estimate of drug-likeness (QED) is 0.252. The van der Waals surface area contributed by atoms with E-state index in [1.165, 1.54) is 5.57 Å². The minimum atomic E-state index is -0.969. The van der Waals surface area contributed by atoms with E-state index in [1.54, 1.807) is 7.11 Å². The van der Waals surface area contributed by atoms with Crippen LogP contribution in [-0.2, 0) is 33.3 Å². The normalized spacial score (nSPS) is 37.8. The fourth-order valence-corrected chi connectivity index (χ4v) is 4.59. The smallest absolute Gasteiger partial charge is 0.332 e. The number of hydrogen-bond donors (Lipinski definition) is 1. The van der Waals surface area contributed by atoms with Crippen molar-refractivity contribution in [1.29, 1.82) is 0 Å². The number of methoxy groups -OCH3 is 1. The number of carboxylic acids is 1. The molecule has 164 valence electrons. The van der Waals surface area contributed by atoms with E-state index < -0.39 is 18.0 Å². The molecule has 1 N–H and O–H groups in total. The van der Waals surface area contributed by atoms with Gasteiger partial charge in [0.25, 0.3) is 0 Å². The van der Waals surface area contributed by atoms with E-state index in [4.69, 9.17) is 28.8 Å².